The first-order valence-electron chi connectivity index (χ1n) is 24.9. The fourth-order valence-corrected chi connectivity index (χ4v) is 6.61. The molecule has 6 heteroatoms. The van der Waals surface area contributed by atoms with Gasteiger partial charge in [0.05, 0.1) is 0 Å². The average molecular weight is 837 g/mol. The minimum absolute atomic E-state index is 0.111. The smallest absolute Gasteiger partial charge is 0.306 e. The Morgan fingerprint density at radius 1 is 0.333 bits per heavy atom. The summed E-state index contributed by atoms with van der Waals surface area (Å²) in [6.07, 6.45) is 60.4. The monoisotopic (exact) mass is 837 g/mol. The Bertz CT molecular complexity index is 1140. The van der Waals surface area contributed by atoms with E-state index in [9.17, 15) is 14.4 Å². The first-order chi connectivity index (χ1) is 29.5. The van der Waals surface area contributed by atoms with Gasteiger partial charge in [0.25, 0.3) is 0 Å². The normalized spacial score (nSPS) is 12.7. The second-order valence-corrected chi connectivity index (χ2v) is 16.4. The van der Waals surface area contributed by atoms with Gasteiger partial charge in [-0.15, -0.1) is 0 Å². The summed E-state index contributed by atoms with van der Waals surface area (Å²) >= 11 is 0. The van der Waals surface area contributed by atoms with Crippen LogP contribution in [0.4, 0.5) is 0 Å². The summed E-state index contributed by atoms with van der Waals surface area (Å²) in [5, 5.41) is 0. The second-order valence-electron chi connectivity index (χ2n) is 16.4. The van der Waals surface area contributed by atoms with Gasteiger partial charge in [-0.2, -0.15) is 0 Å². The summed E-state index contributed by atoms with van der Waals surface area (Å²) in [7, 11) is 0. The molecular formula is C54H92O6. The van der Waals surface area contributed by atoms with Gasteiger partial charge in [0.2, 0.25) is 0 Å². The summed E-state index contributed by atoms with van der Waals surface area (Å²) in [5.41, 5.74) is 0. The fraction of sp³-hybridized carbons (Fsp3) is 0.722. The summed E-state index contributed by atoms with van der Waals surface area (Å²) in [6.45, 7) is 6.48. The van der Waals surface area contributed by atoms with Gasteiger partial charge in [0.15, 0.2) is 6.10 Å². The number of unbranched alkanes of at least 4 members (excludes halogenated alkanes) is 21. The highest BCUT2D eigenvalue weighted by molar-refractivity contribution is 5.71. The Morgan fingerprint density at radius 2 is 0.617 bits per heavy atom. The lowest BCUT2D eigenvalue weighted by atomic mass is 10.1. The first-order valence-corrected chi connectivity index (χ1v) is 24.9. The topological polar surface area (TPSA) is 78.9 Å². The van der Waals surface area contributed by atoms with Crippen molar-refractivity contribution < 1.29 is 28.6 Å². The van der Waals surface area contributed by atoms with Gasteiger partial charge in [-0.1, -0.05) is 184 Å². The summed E-state index contributed by atoms with van der Waals surface area (Å²) in [6, 6.07) is 0. The van der Waals surface area contributed by atoms with Crippen molar-refractivity contribution in [2.45, 2.75) is 239 Å². The molecule has 6 nitrogen and oxygen atoms in total. The van der Waals surface area contributed by atoms with E-state index in [1.165, 1.54) is 109 Å². The molecule has 0 aromatic rings. The van der Waals surface area contributed by atoms with Crippen LogP contribution in [0.15, 0.2) is 72.9 Å². The molecular weight excluding hydrogens is 745 g/mol. The molecule has 0 heterocycles. The third-order valence-corrected chi connectivity index (χ3v) is 10.4. The standard InChI is InChI=1S/C54H92O6/c1-4-7-10-13-16-19-21-23-25-27-29-30-32-35-38-41-44-47-53(56)59-50-51(49-58-52(55)46-43-40-37-34-18-15-12-9-6-3)60-54(57)48-45-42-39-36-33-31-28-26-24-22-20-17-14-11-8-5-2/h16,19,23,25-26,28-30,34-35,37-38,51H,4-15,17-18,20-22,24,27,31-33,36,39-50H2,1-3H3/b19-16-,25-23-,28-26-,30-29-,37-34-,38-35-. The van der Waals surface area contributed by atoms with Crippen LogP contribution in [0, 0.1) is 0 Å². The molecule has 0 aliphatic heterocycles. The molecule has 0 bridgehead atoms. The molecule has 60 heavy (non-hydrogen) atoms. The number of hydrogen-bond donors (Lipinski definition) is 0. The van der Waals surface area contributed by atoms with Crippen molar-refractivity contribution >= 4 is 17.9 Å². The molecule has 0 amide bonds. The highest BCUT2D eigenvalue weighted by Gasteiger charge is 2.19. The predicted molar refractivity (Wildman–Crippen MR) is 256 cm³/mol. The maximum atomic E-state index is 12.8. The summed E-state index contributed by atoms with van der Waals surface area (Å²) in [4.78, 5) is 37.8. The molecule has 0 radical (unpaired) electrons. The van der Waals surface area contributed by atoms with E-state index in [0.717, 1.165) is 70.6 Å². The minimum Gasteiger partial charge on any atom is -0.462 e. The highest BCUT2D eigenvalue weighted by atomic mass is 16.6. The van der Waals surface area contributed by atoms with Crippen molar-refractivity contribution in [3.63, 3.8) is 0 Å². The zero-order chi connectivity index (χ0) is 43.7. The third-order valence-electron chi connectivity index (χ3n) is 10.4. The number of ether oxygens (including phenoxy) is 3. The van der Waals surface area contributed by atoms with E-state index in [-0.39, 0.29) is 37.5 Å². The van der Waals surface area contributed by atoms with E-state index in [1.54, 1.807) is 0 Å². The third kappa shape index (κ3) is 45.9. The highest BCUT2D eigenvalue weighted by Crippen LogP contribution is 2.13. The number of esters is 3. The molecule has 0 spiro atoms. The zero-order valence-corrected chi connectivity index (χ0v) is 39.2. The van der Waals surface area contributed by atoms with E-state index >= 15 is 0 Å². The molecule has 0 aromatic carbocycles. The molecule has 0 aliphatic rings. The lowest BCUT2D eigenvalue weighted by molar-refractivity contribution is -0.167. The van der Waals surface area contributed by atoms with Crippen LogP contribution in [-0.2, 0) is 28.6 Å². The van der Waals surface area contributed by atoms with E-state index in [1.807, 2.05) is 0 Å². The Labute approximate surface area is 370 Å². The molecule has 0 aromatic heterocycles. The van der Waals surface area contributed by atoms with Gasteiger partial charge in [-0.3, -0.25) is 14.4 Å². The number of carbonyl (C=O) groups is 3. The van der Waals surface area contributed by atoms with Crippen LogP contribution in [0.2, 0.25) is 0 Å². The Balaban J connectivity index is 4.46. The van der Waals surface area contributed by atoms with Crippen molar-refractivity contribution in [1.82, 2.24) is 0 Å². The molecule has 1 atom stereocenters. The van der Waals surface area contributed by atoms with Crippen LogP contribution < -0.4 is 0 Å². The second kappa shape index (κ2) is 48.5. The zero-order valence-electron chi connectivity index (χ0n) is 39.2. The number of hydrogen-bond acceptors (Lipinski definition) is 6. The van der Waals surface area contributed by atoms with Gasteiger partial charge in [-0.05, 0) is 103 Å². The molecule has 0 saturated carbocycles. The van der Waals surface area contributed by atoms with E-state index < -0.39 is 6.10 Å². The SMILES string of the molecule is CCCCC/C=C\C/C=C\C/C=C\C/C=C\CCCC(=O)OCC(COC(=O)CCC/C=C\CCCCCC)OC(=O)CCCCCCC/C=C\CCCCCCCCC. The van der Waals surface area contributed by atoms with E-state index in [0.29, 0.717) is 25.7 Å². The van der Waals surface area contributed by atoms with Crippen molar-refractivity contribution in [3.05, 3.63) is 72.9 Å². The fourth-order valence-electron chi connectivity index (χ4n) is 6.61. The maximum absolute atomic E-state index is 12.8. The van der Waals surface area contributed by atoms with Crippen molar-refractivity contribution in [2.24, 2.45) is 0 Å². The van der Waals surface area contributed by atoms with E-state index in [2.05, 4.69) is 93.7 Å². The van der Waals surface area contributed by atoms with Crippen molar-refractivity contribution in [2.75, 3.05) is 13.2 Å². The molecule has 0 saturated heterocycles. The van der Waals surface area contributed by atoms with Crippen LogP contribution in [-0.4, -0.2) is 37.2 Å². The van der Waals surface area contributed by atoms with Crippen LogP contribution >= 0.6 is 0 Å². The summed E-state index contributed by atoms with van der Waals surface area (Å²) < 4.78 is 16.7. The van der Waals surface area contributed by atoms with Gasteiger partial charge in [0, 0.05) is 19.3 Å². The Kier molecular flexibility index (Phi) is 46.0. The average Bonchev–Trinajstić information content (AvgIpc) is 3.24. The molecule has 1 unspecified atom stereocenters. The molecule has 0 aliphatic carbocycles. The quantitative estimate of drug-likeness (QED) is 0.0263. The Hall–Kier alpha value is -3.15. The van der Waals surface area contributed by atoms with Crippen molar-refractivity contribution in [3.8, 4) is 0 Å². The molecule has 344 valence electrons. The van der Waals surface area contributed by atoms with Gasteiger partial charge in [0.1, 0.15) is 13.2 Å². The van der Waals surface area contributed by atoms with E-state index in [4.69, 9.17) is 14.2 Å². The van der Waals surface area contributed by atoms with Crippen LogP contribution in [0.3, 0.4) is 0 Å². The Morgan fingerprint density at radius 3 is 1.05 bits per heavy atom. The number of allylic oxidation sites excluding steroid dienone is 12. The first kappa shape index (κ1) is 56.9. The summed E-state index contributed by atoms with van der Waals surface area (Å²) in [5.74, 6) is -1.01. The van der Waals surface area contributed by atoms with Crippen molar-refractivity contribution in [1.29, 1.82) is 0 Å². The van der Waals surface area contributed by atoms with Gasteiger partial charge < -0.3 is 14.2 Å². The maximum Gasteiger partial charge on any atom is 0.306 e. The molecule has 0 rings (SSSR count). The minimum atomic E-state index is -0.810. The molecule has 0 N–H and O–H groups in total. The number of rotatable bonds is 44. The van der Waals surface area contributed by atoms with Crippen LogP contribution in [0.25, 0.3) is 0 Å². The predicted octanol–water partition coefficient (Wildman–Crippen LogP) is 16.3. The van der Waals surface area contributed by atoms with Crippen LogP contribution in [0.5, 0.6) is 0 Å². The van der Waals surface area contributed by atoms with Crippen LogP contribution in [0.1, 0.15) is 233 Å². The number of carbonyl (C=O) groups excluding carboxylic acids is 3. The lowest BCUT2D eigenvalue weighted by Gasteiger charge is -2.18. The van der Waals surface area contributed by atoms with Gasteiger partial charge >= 0.3 is 17.9 Å². The lowest BCUT2D eigenvalue weighted by Crippen LogP contribution is -2.30. The molecule has 0 fully saturated rings. The van der Waals surface area contributed by atoms with Gasteiger partial charge in [-0.25, -0.2) is 0 Å². The largest absolute Gasteiger partial charge is 0.462 e.